The highest BCUT2D eigenvalue weighted by atomic mass is 16.1. The van der Waals surface area contributed by atoms with E-state index in [1.54, 1.807) is 0 Å². The van der Waals surface area contributed by atoms with Gasteiger partial charge in [0.2, 0.25) is 5.91 Å². The van der Waals surface area contributed by atoms with E-state index >= 15 is 0 Å². The third-order valence-electron chi connectivity index (χ3n) is 5.81. The Morgan fingerprint density at radius 1 is 0.909 bits per heavy atom. The summed E-state index contributed by atoms with van der Waals surface area (Å²) in [5.41, 5.74) is 3.07. The lowest BCUT2D eigenvalue weighted by Gasteiger charge is -2.21. The van der Waals surface area contributed by atoms with Crippen LogP contribution in [0.3, 0.4) is 0 Å². The number of nitrogens with zero attached hydrogens (tertiary/aromatic N) is 4. The van der Waals surface area contributed by atoms with Crippen LogP contribution in [-0.2, 0) is 17.6 Å². The summed E-state index contributed by atoms with van der Waals surface area (Å²) in [6.45, 7) is 0. The molecule has 2 aromatic heterocycles. The van der Waals surface area contributed by atoms with E-state index in [2.05, 4.69) is 60.8 Å². The number of aromatic nitrogens is 5. The molecular weight excluding hydrogens is 412 g/mol. The van der Waals surface area contributed by atoms with E-state index in [1.165, 1.54) is 5.39 Å². The third-order valence-corrected chi connectivity index (χ3v) is 5.81. The van der Waals surface area contributed by atoms with Crippen molar-refractivity contribution in [3.8, 4) is 0 Å². The highest BCUT2D eigenvalue weighted by Crippen LogP contribution is 2.30. The van der Waals surface area contributed by atoms with Crippen molar-refractivity contribution in [2.75, 3.05) is 5.32 Å². The van der Waals surface area contributed by atoms with Gasteiger partial charge in [0.15, 0.2) is 5.82 Å². The van der Waals surface area contributed by atoms with Gasteiger partial charge in [0, 0.05) is 24.5 Å². The molecule has 0 aliphatic heterocycles. The van der Waals surface area contributed by atoms with Gasteiger partial charge < -0.3 is 9.88 Å². The first-order valence-corrected chi connectivity index (χ1v) is 11.0. The molecule has 1 amide bonds. The third kappa shape index (κ3) is 4.82. The summed E-state index contributed by atoms with van der Waals surface area (Å²) in [5, 5.41) is 19.4. The second-order valence-electron chi connectivity index (χ2n) is 7.99. The zero-order valence-corrected chi connectivity index (χ0v) is 18.1. The van der Waals surface area contributed by atoms with Crippen LogP contribution >= 0.6 is 0 Å². The molecule has 0 aliphatic carbocycles. The van der Waals surface area contributed by atoms with Gasteiger partial charge in [0.1, 0.15) is 0 Å². The van der Waals surface area contributed by atoms with Gasteiger partial charge in [-0.05, 0) is 52.6 Å². The molecule has 2 heterocycles. The van der Waals surface area contributed by atoms with Gasteiger partial charge in [-0.15, -0.1) is 10.2 Å². The lowest BCUT2D eigenvalue weighted by atomic mass is 9.96. The Morgan fingerprint density at radius 2 is 1.70 bits per heavy atom. The lowest BCUT2D eigenvalue weighted by molar-refractivity contribution is -0.116. The molecular formula is C26H24N6O. The number of aromatic amines is 1. The van der Waals surface area contributed by atoms with Crippen LogP contribution in [0.2, 0.25) is 0 Å². The minimum atomic E-state index is -0.0969. The molecule has 33 heavy (non-hydrogen) atoms. The Balaban J connectivity index is 1.30. The van der Waals surface area contributed by atoms with Crippen molar-refractivity contribution in [2.24, 2.45) is 0 Å². The molecule has 5 aromatic rings. The summed E-state index contributed by atoms with van der Waals surface area (Å²) < 4.78 is 2.10. The van der Waals surface area contributed by atoms with E-state index in [0.717, 1.165) is 28.6 Å². The molecule has 0 aliphatic rings. The molecule has 1 atom stereocenters. The summed E-state index contributed by atoms with van der Waals surface area (Å²) in [6.07, 6.45) is 5.88. The molecule has 7 heteroatoms. The predicted molar refractivity (Wildman–Crippen MR) is 128 cm³/mol. The first-order valence-electron chi connectivity index (χ1n) is 11.0. The minimum absolute atomic E-state index is 0.0267. The molecule has 0 saturated carbocycles. The highest BCUT2D eigenvalue weighted by Gasteiger charge is 2.19. The number of rotatable bonds is 8. The van der Waals surface area contributed by atoms with Crippen LogP contribution in [0.1, 0.15) is 29.4 Å². The quantitative estimate of drug-likeness (QED) is 0.373. The van der Waals surface area contributed by atoms with Crippen LogP contribution in [0, 0.1) is 0 Å². The number of H-pyrrole nitrogens is 1. The zero-order valence-electron chi connectivity index (χ0n) is 18.1. The zero-order chi connectivity index (χ0) is 22.5. The van der Waals surface area contributed by atoms with Crippen LogP contribution < -0.4 is 5.32 Å². The van der Waals surface area contributed by atoms with Crippen LogP contribution in [0.5, 0.6) is 0 Å². The Hall–Kier alpha value is -4.26. The maximum Gasteiger partial charge on any atom is 0.226 e. The van der Waals surface area contributed by atoms with Gasteiger partial charge in [-0.25, -0.2) is 0 Å². The highest BCUT2D eigenvalue weighted by molar-refractivity contribution is 5.92. The van der Waals surface area contributed by atoms with Crippen molar-refractivity contribution >= 4 is 22.4 Å². The number of benzene rings is 3. The molecule has 0 bridgehead atoms. The van der Waals surface area contributed by atoms with Gasteiger partial charge in [0.25, 0.3) is 0 Å². The maximum atomic E-state index is 13.0. The Morgan fingerprint density at radius 3 is 2.48 bits per heavy atom. The van der Waals surface area contributed by atoms with E-state index in [9.17, 15) is 4.79 Å². The summed E-state index contributed by atoms with van der Waals surface area (Å²) >= 11 is 0. The SMILES string of the molecule is O=C(C[C@@H](c1cccc2ccccc12)n1cccc1)Nc1ccc(CCc2nn[nH]n2)cc1. The average molecular weight is 437 g/mol. The fraction of sp³-hybridized carbons (Fsp3) is 0.154. The van der Waals surface area contributed by atoms with Crippen molar-refractivity contribution < 1.29 is 4.79 Å². The molecule has 5 rings (SSSR count). The summed E-state index contributed by atoms with van der Waals surface area (Å²) in [6, 6.07) is 26.4. The number of amides is 1. The first-order chi connectivity index (χ1) is 16.3. The fourth-order valence-corrected chi connectivity index (χ4v) is 4.16. The van der Waals surface area contributed by atoms with Gasteiger partial charge in [-0.2, -0.15) is 5.21 Å². The van der Waals surface area contributed by atoms with Crippen LogP contribution in [-0.4, -0.2) is 31.1 Å². The number of aryl methyl sites for hydroxylation is 2. The molecule has 0 unspecified atom stereocenters. The van der Waals surface area contributed by atoms with Crippen molar-refractivity contribution in [3.05, 3.63) is 108 Å². The standard InChI is InChI=1S/C26H24N6O/c33-26(27-21-13-10-19(11-14-21)12-15-25-28-30-31-29-25)18-24(32-16-3-4-17-32)23-9-5-7-20-6-1-2-8-22(20)23/h1-11,13-14,16-17,24H,12,15,18H2,(H,27,33)(H,28,29,30,31)/t24-/m0/s1. The number of hydrogen-bond acceptors (Lipinski definition) is 4. The lowest BCUT2D eigenvalue weighted by Crippen LogP contribution is -2.20. The van der Waals surface area contributed by atoms with Crippen molar-refractivity contribution in [2.45, 2.75) is 25.3 Å². The monoisotopic (exact) mass is 436 g/mol. The van der Waals surface area contributed by atoms with Gasteiger partial charge >= 0.3 is 0 Å². The average Bonchev–Trinajstić information content (AvgIpc) is 3.56. The Kier molecular flexibility index (Phi) is 5.93. The number of carbonyl (C=O) groups excluding carboxylic acids is 1. The number of fused-ring (bicyclic) bond motifs is 1. The van der Waals surface area contributed by atoms with E-state index in [0.29, 0.717) is 18.7 Å². The first kappa shape index (κ1) is 20.6. The van der Waals surface area contributed by atoms with Crippen molar-refractivity contribution in [1.82, 2.24) is 25.2 Å². The normalized spacial score (nSPS) is 12.0. The second-order valence-corrected chi connectivity index (χ2v) is 7.99. The van der Waals surface area contributed by atoms with Crippen LogP contribution in [0.15, 0.2) is 91.3 Å². The maximum absolute atomic E-state index is 13.0. The van der Waals surface area contributed by atoms with E-state index < -0.39 is 0 Å². The van der Waals surface area contributed by atoms with Gasteiger partial charge in [-0.1, -0.05) is 59.8 Å². The molecule has 164 valence electrons. The predicted octanol–water partition coefficient (Wildman–Crippen LogP) is 4.56. The van der Waals surface area contributed by atoms with E-state index in [4.69, 9.17) is 0 Å². The van der Waals surface area contributed by atoms with Crippen molar-refractivity contribution in [3.63, 3.8) is 0 Å². The molecule has 0 fully saturated rings. The molecule has 7 nitrogen and oxygen atoms in total. The molecule has 0 radical (unpaired) electrons. The number of tetrazole rings is 1. The number of carbonyl (C=O) groups is 1. The van der Waals surface area contributed by atoms with E-state index in [1.807, 2.05) is 60.9 Å². The minimum Gasteiger partial charge on any atom is -0.346 e. The Bertz CT molecular complexity index is 1320. The number of hydrogen-bond donors (Lipinski definition) is 2. The number of nitrogens with one attached hydrogen (secondary N) is 2. The van der Waals surface area contributed by atoms with Gasteiger partial charge in [0.05, 0.1) is 12.5 Å². The van der Waals surface area contributed by atoms with E-state index in [-0.39, 0.29) is 11.9 Å². The second kappa shape index (κ2) is 9.48. The molecule has 2 N–H and O–H groups in total. The Labute approximate surface area is 191 Å². The van der Waals surface area contributed by atoms with Crippen LogP contribution in [0.25, 0.3) is 10.8 Å². The van der Waals surface area contributed by atoms with Crippen molar-refractivity contribution in [1.29, 1.82) is 0 Å². The summed E-state index contributed by atoms with van der Waals surface area (Å²) in [7, 11) is 0. The topological polar surface area (TPSA) is 88.5 Å². The van der Waals surface area contributed by atoms with Crippen LogP contribution in [0.4, 0.5) is 5.69 Å². The summed E-state index contributed by atoms with van der Waals surface area (Å²) in [4.78, 5) is 13.0. The number of anilines is 1. The molecule has 0 spiro atoms. The largest absolute Gasteiger partial charge is 0.346 e. The molecule has 3 aromatic carbocycles. The fourth-order valence-electron chi connectivity index (χ4n) is 4.16. The smallest absolute Gasteiger partial charge is 0.226 e. The van der Waals surface area contributed by atoms with Gasteiger partial charge in [-0.3, -0.25) is 4.79 Å². The molecule has 0 saturated heterocycles. The summed E-state index contributed by atoms with van der Waals surface area (Å²) in [5.74, 6) is 0.665.